The number of aromatic nitrogens is 2. The van der Waals surface area contributed by atoms with Gasteiger partial charge in [-0.3, -0.25) is 4.99 Å². The van der Waals surface area contributed by atoms with E-state index >= 15 is 0 Å². The molecular weight excluding hydrogens is 305 g/mol. The molecule has 2 atom stereocenters. The standard InChI is InChI=1S/C9H10ClFN2.C7H11NO/c1-5-12-8-4-7(11)6(10)3-9(8)13(5)2;1-4-5-8-6-7(2)9-3/h3-4,6-7H,1-2H3;4-6H,1H2,2-3H3/b;7-6+,8-5?. The average molecular weight is 326 g/mol. The molecule has 0 bridgehead atoms. The summed E-state index contributed by atoms with van der Waals surface area (Å²) in [7, 11) is 3.50. The predicted octanol–water partition coefficient (Wildman–Crippen LogP) is 2.00. The van der Waals surface area contributed by atoms with Crippen LogP contribution in [0.15, 0.2) is 29.6 Å². The molecule has 0 radical (unpaired) electrons. The van der Waals surface area contributed by atoms with Gasteiger partial charge in [-0.1, -0.05) is 12.7 Å². The molecule has 0 aliphatic heterocycles. The Morgan fingerprint density at radius 2 is 2.23 bits per heavy atom. The molecule has 0 saturated carbocycles. The lowest BCUT2D eigenvalue weighted by Crippen LogP contribution is -2.37. The van der Waals surface area contributed by atoms with Crippen LogP contribution in [0.5, 0.6) is 0 Å². The van der Waals surface area contributed by atoms with Crippen LogP contribution in [0.2, 0.25) is 0 Å². The topological polar surface area (TPSA) is 39.4 Å². The summed E-state index contributed by atoms with van der Waals surface area (Å²) in [5.74, 6) is 1.66. The number of ether oxygens (including phenoxy) is 1. The molecule has 1 aliphatic rings. The first kappa shape index (κ1) is 18.2. The van der Waals surface area contributed by atoms with E-state index in [1.807, 2.05) is 25.5 Å². The first-order chi connectivity index (χ1) is 10.4. The molecule has 0 spiro atoms. The summed E-state index contributed by atoms with van der Waals surface area (Å²) in [5, 5.41) is 1.04. The molecule has 0 N–H and O–H groups in total. The van der Waals surface area contributed by atoms with Crippen molar-refractivity contribution >= 4 is 30.0 Å². The molecule has 120 valence electrons. The van der Waals surface area contributed by atoms with Crippen LogP contribution >= 0.6 is 11.6 Å². The fourth-order valence-electron chi connectivity index (χ4n) is 1.72. The van der Waals surface area contributed by atoms with E-state index in [-0.39, 0.29) is 0 Å². The minimum absolute atomic E-state index is 0.567. The van der Waals surface area contributed by atoms with Crippen molar-refractivity contribution < 1.29 is 9.13 Å². The number of imidazole rings is 1. The van der Waals surface area contributed by atoms with Crippen molar-refractivity contribution in [2.24, 2.45) is 12.0 Å². The van der Waals surface area contributed by atoms with Crippen molar-refractivity contribution in [3.63, 3.8) is 0 Å². The van der Waals surface area contributed by atoms with Gasteiger partial charge < -0.3 is 9.30 Å². The Morgan fingerprint density at radius 3 is 2.82 bits per heavy atom. The van der Waals surface area contributed by atoms with Crippen molar-refractivity contribution in [2.75, 3.05) is 7.11 Å². The number of hydrogen-bond acceptors (Lipinski definition) is 3. The first-order valence-corrected chi connectivity index (χ1v) is 7.20. The molecule has 22 heavy (non-hydrogen) atoms. The van der Waals surface area contributed by atoms with Gasteiger partial charge in [0.15, 0.2) is 0 Å². The maximum Gasteiger partial charge on any atom is 0.141 e. The van der Waals surface area contributed by atoms with E-state index < -0.39 is 11.5 Å². The highest BCUT2D eigenvalue weighted by Crippen LogP contribution is 2.11. The second-order valence-corrected chi connectivity index (χ2v) is 5.19. The second kappa shape index (κ2) is 8.54. The summed E-state index contributed by atoms with van der Waals surface area (Å²) < 4.78 is 19.8. The summed E-state index contributed by atoms with van der Waals surface area (Å²) in [4.78, 5) is 8.04. The average Bonchev–Trinajstić information content (AvgIpc) is 2.75. The molecule has 1 heterocycles. The highest BCUT2D eigenvalue weighted by Gasteiger charge is 2.18. The van der Waals surface area contributed by atoms with Crippen LogP contribution < -0.4 is 10.7 Å². The van der Waals surface area contributed by atoms with E-state index in [1.165, 1.54) is 6.08 Å². The lowest BCUT2D eigenvalue weighted by Gasteiger charge is -2.08. The number of nitrogens with zero attached hydrogens (tertiary/aromatic N) is 3. The SMILES string of the molecule is C=CC=N/C=C(\C)OC.Cc1nc2c(n1C)=CC(Cl)C(F)C=2. The molecule has 2 rings (SSSR count). The van der Waals surface area contributed by atoms with Crippen molar-refractivity contribution in [1.29, 1.82) is 0 Å². The summed E-state index contributed by atoms with van der Waals surface area (Å²) >= 11 is 5.77. The van der Waals surface area contributed by atoms with Crippen LogP contribution in [-0.4, -0.2) is 34.4 Å². The van der Waals surface area contributed by atoms with Crippen molar-refractivity contribution in [3.05, 3.63) is 41.1 Å². The van der Waals surface area contributed by atoms with E-state index in [1.54, 1.807) is 31.7 Å². The summed E-state index contributed by atoms with van der Waals surface area (Å²) in [5.41, 5.74) is 0. The number of alkyl halides is 2. The lowest BCUT2D eigenvalue weighted by atomic mass is 10.2. The van der Waals surface area contributed by atoms with Crippen molar-refractivity contribution in [2.45, 2.75) is 25.4 Å². The largest absolute Gasteiger partial charge is 0.500 e. The van der Waals surface area contributed by atoms with Gasteiger partial charge in [-0.15, -0.1) is 11.6 Å². The minimum atomic E-state index is -1.12. The van der Waals surface area contributed by atoms with Gasteiger partial charge in [0.25, 0.3) is 0 Å². The van der Waals surface area contributed by atoms with Crippen LogP contribution in [0.1, 0.15) is 12.7 Å². The quantitative estimate of drug-likeness (QED) is 0.484. The van der Waals surface area contributed by atoms with Crippen LogP contribution in [0.3, 0.4) is 0 Å². The Bertz CT molecular complexity index is 691. The molecule has 1 aromatic heterocycles. The van der Waals surface area contributed by atoms with Gasteiger partial charge in [0.05, 0.1) is 29.4 Å². The van der Waals surface area contributed by atoms with E-state index in [0.717, 1.165) is 16.9 Å². The first-order valence-electron chi connectivity index (χ1n) is 6.76. The maximum atomic E-state index is 13.1. The molecule has 0 saturated heterocycles. The van der Waals surface area contributed by atoms with Crippen LogP contribution in [0.4, 0.5) is 4.39 Å². The zero-order chi connectivity index (χ0) is 16.7. The predicted molar refractivity (Wildman–Crippen MR) is 90.1 cm³/mol. The molecule has 4 nitrogen and oxygen atoms in total. The number of aliphatic imine (C=N–C) groups is 1. The molecule has 2 unspecified atom stereocenters. The Hall–Kier alpha value is -1.88. The highest BCUT2D eigenvalue weighted by atomic mass is 35.5. The van der Waals surface area contributed by atoms with E-state index in [2.05, 4.69) is 16.6 Å². The van der Waals surface area contributed by atoms with Gasteiger partial charge in [-0.2, -0.15) is 0 Å². The maximum absolute atomic E-state index is 13.1. The summed E-state index contributed by atoms with van der Waals surface area (Å²) in [6, 6.07) is 0. The van der Waals surface area contributed by atoms with Crippen LogP contribution in [0, 0.1) is 6.92 Å². The lowest BCUT2D eigenvalue weighted by molar-refractivity contribution is 0.292. The number of rotatable bonds is 3. The fraction of sp³-hybridized carbons (Fsp3) is 0.375. The number of aryl methyl sites for hydroxylation is 1. The monoisotopic (exact) mass is 325 g/mol. The molecule has 1 aromatic rings. The van der Waals surface area contributed by atoms with Gasteiger partial charge in [0, 0.05) is 13.3 Å². The van der Waals surface area contributed by atoms with E-state index in [4.69, 9.17) is 16.3 Å². The normalized spacial score (nSPS) is 20.4. The second-order valence-electron chi connectivity index (χ2n) is 4.69. The molecule has 6 heteroatoms. The summed E-state index contributed by atoms with van der Waals surface area (Å²) in [6.07, 6.45) is 6.90. The molecule has 0 fully saturated rings. The third kappa shape index (κ3) is 4.84. The summed E-state index contributed by atoms with van der Waals surface area (Å²) in [6.45, 7) is 7.18. The zero-order valence-corrected chi connectivity index (χ0v) is 14.0. The highest BCUT2D eigenvalue weighted by molar-refractivity contribution is 6.24. The number of halogens is 2. The Labute approximate surface area is 135 Å². The smallest absolute Gasteiger partial charge is 0.141 e. The Morgan fingerprint density at radius 1 is 1.55 bits per heavy atom. The van der Waals surface area contributed by atoms with Gasteiger partial charge in [0.2, 0.25) is 0 Å². The van der Waals surface area contributed by atoms with E-state index in [9.17, 15) is 4.39 Å². The van der Waals surface area contributed by atoms with Gasteiger partial charge in [-0.25, -0.2) is 9.37 Å². The van der Waals surface area contributed by atoms with Gasteiger partial charge in [0.1, 0.15) is 17.8 Å². The van der Waals surface area contributed by atoms with Crippen molar-refractivity contribution in [3.8, 4) is 0 Å². The Kier molecular flexibility index (Phi) is 7.05. The number of allylic oxidation sites excluding steroid dienone is 2. The van der Waals surface area contributed by atoms with Crippen molar-refractivity contribution in [1.82, 2.24) is 9.55 Å². The van der Waals surface area contributed by atoms with Gasteiger partial charge >= 0.3 is 0 Å². The zero-order valence-electron chi connectivity index (χ0n) is 13.3. The third-order valence-electron chi connectivity index (χ3n) is 3.10. The van der Waals surface area contributed by atoms with Crippen LogP contribution in [0.25, 0.3) is 12.2 Å². The molecular formula is C16H21ClFN3O. The van der Waals surface area contributed by atoms with Gasteiger partial charge in [-0.05, 0) is 26.0 Å². The number of hydrogen-bond donors (Lipinski definition) is 0. The van der Waals surface area contributed by atoms with E-state index in [0.29, 0.717) is 5.35 Å². The molecule has 0 amide bonds. The third-order valence-corrected chi connectivity index (χ3v) is 3.47. The fourth-order valence-corrected chi connectivity index (χ4v) is 1.91. The molecule has 1 aliphatic carbocycles. The Balaban J connectivity index is 0.000000239. The number of fused-ring (bicyclic) bond motifs is 1. The number of methoxy groups -OCH3 is 1. The molecule has 0 aromatic carbocycles. The minimum Gasteiger partial charge on any atom is -0.500 e. The van der Waals surface area contributed by atoms with Crippen LogP contribution in [-0.2, 0) is 11.8 Å².